The molecule has 1 aliphatic heterocycles. The summed E-state index contributed by atoms with van der Waals surface area (Å²) in [5.74, 6) is -0.908. The van der Waals surface area contributed by atoms with Crippen molar-refractivity contribution in [3.05, 3.63) is 22.4 Å². The number of carbonyl (C=O) groups excluding carboxylic acids is 2. The summed E-state index contributed by atoms with van der Waals surface area (Å²) in [6, 6.07) is 0. The van der Waals surface area contributed by atoms with Crippen molar-refractivity contribution >= 4 is 27.7 Å². The van der Waals surface area contributed by atoms with E-state index < -0.39 is 12.0 Å². The molecule has 0 bridgehead atoms. The van der Waals surface area contributed by atoms with E-state index in [4.69, 9.17) is 5.73 Å². The molecule has 98 valence electrons. The van der Waals surface area contributed by atoms with Crippen molar-refractivity contribution in [1.29, 1.82) is 0 Å². The molecule has 0 radical (unpaired) electrons. The number of amides is 2. The van der Waals surface area contributed by atoms with Crippen LogP contribution in [0.5, 0.6) is 0 Å². The number of hydrogen-bond acceptors (Lipinski definition) is 3. The average Bonchev–Trinajstić information content (AvgIpc) is 2.85. The first kappa shape index (κ1) is 13.1. The van der Waals surface area contributed by atoms with E-state index in [1.54, 1.807) is 12.4 Å². The van der Waals surface area contributed by atoms with E-state index in [-0.39, 0.29) is 24.8 Å². The SMILES string of the molecule is NC(=O)C[C@@H]1CN(C(=O)c2c[nH]cc2Br)C[C@H]1O. The fraction of sp³-hybridized carbons (Fsp3) is 0.455. The van der Waals surface area contributed by atoms with E-state index in [2.05, 4.69) is 20.9 Å². The van der Waals surface area contributed by atoms with E-state index in [0.717, 1.165) is 0 Å². The maximum Gasteiger partial charge on any atom is 0.256 e. The summed E-state index contributed by atoms with van der Waals surface area (Å²) in [5, 5.41) is 9.80. The second kappa shape index (κ2) is 5.11. The first-order valence-electron chi connectivity index (χ1n) is 5.57. The predicted octanol–water partition coefficient (Wildman–Crippen LogP) is 0.0855. The van der Waals surface area contributed by atoms with Crippen molar-refractivity contribution in [3.63, 3.8) is 0 Å². The van der Waals surface area contributed by atoms with E-state index in [1.807, 2.05) is 0 Å². The van der Waals surface area contributed by atoms with Crippen molar-refractivity contribution in [1.82, 2.24) is 9.88 Å². The number of aromatic nitrogens is 1. The number of rotatable bonds is 3. The second-order valence-electron chi connectivity index (χ2n) is 4.42. The van der Waals surface area contributed by atoms with E-state index in [9.17, 15) is 14.7 Å². The second-order valence-corrected chi connectivity index (χ2v) is 5.28. The zero-order valence-corrected chi connectivity index (χ0v) is 11.2. The van der Waals surface area contributed by atoms with Gasteiger partial charge in [0.1, 0.15) is 0 Å². The van der Waals surface area contributed by atoms with Crippen LogP contribution in [0.25, 0.3) is 0 Å². The molecule has 1 fully saturated rings. The Labute approximate surface area is 112 Å². The number of halogens is 1. The molecule has 2 heterocycles. The Bertz CT molecular complexity index is 474. The lowest BCUT2D eigenvalue weighted by Crippen LogP contribution is -2.29. The highest BCUT2D eigenvalue weighted by molar-refractivity contribution is 9.10. The Morgan fingerprint density at radius 1 is 1.50 bits per heavy atom. The Morgan fingerprint density at radius 2 is 2.22 bits per heavy atom. The topological polar surface area (TPSA) is 99.4 Å². The zero-order valence-electron chi connectivity index (χ0n) is 9.60. The highest BCUT2D eigenvalue weighted by atomic mass is 79.9. The number of primary amides is 1. The molecule has 2 atom stereocenters. The molecule has 1 aromatic heterocycles. The number of aromatic amines is 1. The van der Waals surface area contributed by atoms with Crippen LogP contribution < -0.4 is 5.73 Å². The molecule has 0 aliphatic carbocycles. The van der Waals surface area contributed by atoms with Crippen LogP contribution in [0.3, 0.4) is 0 Å². The Hall–Kier alpha value is -1.34. The third-order valence-electron chi connectivity index (χ3n) is 3.08. The van der Waals surface area contributed by atoms with Gasteiger partial charge in [-0.1, -0.05) is 0 Å². The van der Waals surface area contributed by atoms with Crippen molar-refractivity contribution in [3.8, 4) is 0 Å². The molecular formula is C11H14BrN3O3. The molecule has 1 aliphatic rings. The highest BCUT2D eigenvalue weighted by Gasteiger charge is 2.35. The predicted molar refractivity (Wildman–Crippen MR) is 67.7 cm³/mol. The van der Waals surface area contributed by atoms with Gasteiger partial charge >= 0.3 is 0 Å². The summed E-state index contributed by atoms with van der Waals surface area (Å²) in [6.07, 6.45) is 2.67. The minimum atomic E-state index is -0.695. The van der Waals surface area contributed by atoms with Gasteiger partial charge in [-0.05, 0) is 15.9 Å². The van der Waals surface area contributed by atoms with Crippen LogP contribution in [0.4, 0.5) is 0 Å². The third-order valence-corrected chi connectivity index (χ3v) is 3.74. The van der Waals surface area contributed by atoms with Crippen molar-refractivity contribution in [2.45, 2.75) is 12.5 Å². The van der Waals surface area contributed by atoms with Crippen LogP contribution in [-0.4, -0.2) is 46.0 Å². The maximum atomic E-state index is 12.2. The molecule has 0 spiro atoms. The number of nitrogens with zero attached hydrogens (tertiary/aromatic N) is 1. The van der Waals surface area contributed by atoms with Gasteiger partial charge in [-0.25, -0.2) is 0 Å². The molecular weight excluding hydrogens is 302 g/mol. The molecule has 1 saturated heterocycles. The Balaban J connectivity index is 2.06. The quantitative estimate of drug-likeness (QED) is 0.736. The number of aliphatic hydroxyl groups is 1. The lowest BCUT2D eigenvalue weighted by atomic mass is 10.0. The summed E-state index contributed by atoms with van der Waals surface area (Å²) in [6.45, 7) is 0.578. The molecule has 0 aromatic carbocycles. The minimum Gasteiger partial charge on any atom is -0.391 e. The summed E-state index contributed by atoms with van der Waals surface area (Å²) in [5.41, 5.74) is 5.62. The van der Waals surface area contributed by atoms with Crippen LogP contribution in [0.1, 0.15) is 16.8 Å². The van der Waals surface area contributed by atoms with Gasteiger partial charge in [-0.3, -0.25) is 9.59 Å². The van der Waals surface area contributed by atoms with Crippen molar-refractivity contribution in [2.24, 2.45) is 11.7 Å². The normalized spacial score (nSPS) is 23.3. The molecule has 6 nitrogen and oxygen atoms in total. The van der Waals surface area contributed by atoms with Crippen LogP contribution in [-0.2, 0) is 4.79 Å². The fourth-order valence-corrected chi connectivity index (χ4v) is 2.57. The number of hydrogen-bond donors (Lipinski definition) is 3. The molecule has 18 heavy (non-hydrogen) atoms. The maximum absolute atomic E-state index is 12.2. The van der Waals surface area contributed by atoms with Gasteiger partial charge in [0.15, 0.2) is 0 Å². The minimum absolute atomic E-state index is 0.0965. The monoisotopic (exact) mass is 315 g/mol. The summed E-state index contributed by atoms with van der Waals surface area (Å²) >= 11 is 3.27. The van der Waals surface area contributed by atoms with E-state index >= 15 is 0 Å². The Kier molecular flexibility index (Phi) is 3.72. The fourth-order valence-electron chi connectivity index (χ4n) is 2.16. The number of nitrogens with one attached hydrogen (secondary N) is 1. The molecule has 4 N–H and O–H groups in total. The molecule has 0 saturated carbocycles. The molecule has 0 unspecified atom stereocenters. The Morgan fingerprint density at radius 3 is 2.78 bits per heavy atom. The first-order valence-corrected chi connectivity index (χ1v) is 6.36. The van der Waals surface area contributed by atoms with Crippen LogP contribution >= 0.6 is 15.9 Å². The first-order chi connectivity index (χ1) is 8.49. The average molecular weight is 316 g/mol. The van der Waals surface area contributed by atoms with Crippen molar-refractivity contribution in [2.75, 3.05) is 13.1 Å². The lowest BCUT2D eigenvalue weighted by Gasteiger charge is -2.15. The summed E-state index contributed by atoms with van der Waals surface area (Å²) < 4.78 is 0.681. The number of β-amino-alcohol motifs (C(OH)–C–C–N with tert-alkyl or cyclic N) is 1. The van der Waals surface area contributed by atoms with Crippen LogP contribution in [0.15, 0.2) is 16.9 Å². The number of carbonyl (C=O) groups is 2. The van der Waals surface area contributed by atoms with Gasteiger partial charge in [0, 0.05) is 42.3 Å². The van der Waals surface area contributed by atoms with Gasteiger partial charge in [0.2, 0.25) is 5.91 Å². The van der Waals surface area contributed by atoms with Crippen LogP contribution in [0.2, 0.25) is 0 Å². The number of H-pyrrole nitrogens is 1. The van der Waals surface area contributed by atoms with Gasteiger partial charge in [-0.15, -0.1) is 0 Å². The molecule has 1 aromatic rings. The van der Waals surface area contributed by atoms with Gasteiger partial charge < -0.3 is 20.7 Å². The van der Waals surface area contributed by atoms with Gasteiger partial charge in [0.05, 0.1) is 11.7 Å². The van der Waals surface area contributed by atoms with Gasteiger partial charge in [-0.2, -0.15) is 0 Å². The summed E-state index contributed by atoms with van der Waals surface area (Å²) in [7, 11) is 0. The smallest absolute Gasteiger partial charge is 0.256 e. The van der Waals surface area contributed by atoms with Crippen LogP contribution in [0, 0.1) is 5.92 Å². The number of nitrogens with two attached hydrogens (primary N) is 1. The highest BCUT2D eigenvalue weighted by Crippen LogP contribution is 2.24. The summed E-state index contributed by atoms with van der Waals surface area (Å²) in [4.78, 5) is 27.4. The molecule has 7 heteroatoms. The largest absolute Gasteiger partial charge is 0.391 e. The number of likely N-dealkylation sites (tertiary alicyclic amines) is 1. The van der Waals surface area contributed by atoms with Crippen molar-refractivity contribution < 1.29 is 14.7 Å². The molecule has 2 amide bonds. The standard InChI is InChI=1S/C11H14BrN3O3/c12-8-3-14-2-7(8)11(18)15-4-6(1-10(13)17)9(16)5-15/h2-3,6,9,14,16H,1,4-5H2,(H2,13,17)/t6-,9-/m1/s1. The van der Waals surface area contributed by atoms with E-state index in [0.29, 0.717) is 16.6 Å². The zero-order chi connectivity index (χ0) is 13.3. The third kappa shape index (κ3) is 2.56. The number of aliphatic hydroxyl groups excluding tert-OH is 1. The lowest BCUT2D eigenvalue weighted by molar-refractivity contribution is -0.119. The van der Waals surface area contributed by atoms with Gasteiger partial charge in [0.25, 0.3) is 5.91 Å². The molecule has 2 rings (SSSR count). The van der Waals surface area contributed by atoms with E-state index in [1.165, 1.54) is 4.90 Å².